The van der Waals surface area contributed by atoms with E-state index in [4.69, 9.17) is 4.74 Å². The van der Waals surface area contributed by atoms with E-state index in [1.165, 1.54) is 0 Å². The van der Waals surface area contributed by atoms with Crippen molar-refractivity contribution < 1.29 is 9.53 Å². The molecule has 0 bridgehead atoms. The molecule has 3 nitrogen and oxygen atoms in total. The molecule has 1 heterocycles. The van der Waals surface area contributed by atoms with Crippen LogP contribution < -0.4 is 4.74 Å². The third-order valence-electron chi connectivity index (χ3n) is 1.46. The number of hydrogen-bond donors (Lipinski definition) is 0. The van der Waals surface area contributed by atoms with Gasteiger partial charge >= 0.3 is 0 Å². The number of pyridine rings is 1. The van der Waals surface area contributed by atoms with E-state index < -0.39 is 0 Å². The van der Waals surface area contributed by atoms with Crippen molar-refractivity contribution in [2.45, 2.75) is 6.42 Å². The number of ether oxygens (including phenoxy) is 1. The van der Waals surface area contributed by atoms with Gasteiger partial charge in [0, 0.05) is 12.6 Å². The van der Waals surface area contributed by atoms with Crippen LogP contribution in [0.2, 0.25) is 0 Å². The molecule has 0 saturated carbocycles. The Labute approximate surface area is 76.8 Å². The lowest BCUT2D eigenvalue weighted by Gasteiger charge is -1.99. The molecule has 66 valence electrons. The van der Waals surface area contributed by atoms with Crippen LogP contribution in [0, 0.1) is 11.8 Å². The summed E-state index contributed by atoms with van der Waals surface area (Å²) in [5, 5.41) is 0. The van der Waals surface area contributed by atoms with Gasteiger partial charge in [-0.3, -0.25) is 9.78 Å². The van der Waals surface area contributed by atoms with Gasteiger partial charge in [-0.05, 0) is 17.6 Å². The molecule has 0 N–H and O–H groups in total. The first-order valence-corrected chi connectivity index (χ1v) is 3.76. The molecular weight excluding hydrogens is 166 g/mol. The van der Waals surface area contributed by atoms with Crippen molar-refractivity contribution in [1.82, 2.24) is 4.98 Å². The zero-order chi connectivity index (χ0) is 9.52. The SMILES string of the molecule is COc1cncc(CC#CC=O)c1. The van der Waals surface area contributed by atoms with Gasteiger partial charge < -0.3 is 4.74 Å². The lowest BCUT2D eigenvalue weighted by molar-refractivity contribution is -0.103. The van der Waals surface area contributed by atoms with Crippen LogP contribution in [0.25, 0.3) is 0 Å². The van der Waals surface area contributed by atoms with Crippen molar-refractivity contribution in [2.75, 3.05) is 7.11 Å². The van der Waals surface area contributed by atoms with E-state index in [-0.39, 0.29) is 0 Å². The number of rotatable bonds is 2. The number of nitrogens with zero attached hydrogens (tertiary/aromatic N) is 1. The minimum absolute atomic E-state index is 0.517. The minimum atomic E-state index is 0.517. The van der Waals surface area contributed by atoms with Crippen molar-refractivity contribution in [3.05, 3.63) is 24.0 Å². The zero-order valence-corrected chi connectivity index (χ0v) is 7.28. The highest BCUT2D eigenvalue weighted by Crippen LogP contribution is 2.09. The Balaban J connectivity index is 2.71. The molecule has 0 saturated heterocycles. The first-order chi connectivity index (χ1) is 6.36. The van der Waals surface area contributed by atoms with Crippen molar-refractivity contribution in [1.29, 1.82) is 0 Å². The van der Waals surface area contributed by atoms with Gasteiger partial charge in [-0.25, -0.2) is 0 Å². The van der Waals surface area contributed by atoms with Gasteiger partial charge in [-0.1, -0.05) is 5.92 Å². The van der Waals surface area contributed by atoms with E-state index in [0.717, 1.165) is 5.56 Å². The standard InChI is InChI=1S/C10H9NO2/c1-13-10-6-9(7-11-8-10)4-2-3-5-12/h5-8H,4H2,1H3. The Morgan fingerprint density at radius 3 is 3.15 bits per heavy atom. The number of methoxy groups -OCH3 is 1. The smallest absolute Gasteiger partial charge is 0.192 e. The van der Waals surface area contributed by atoms with E-state index in [1.54, 1.807) is 19.5 Å². The monoisotopic (exact) mass is 175 g/mol. The average molecular weight is 175 g/mol. The van der Waals surface area contributed by atoms with Crippen LogP contribution in [0.15, 0.2) is 18.5 Å². The molecule has 0 fully saturated rings. The molecule has 1 rings (SSSR count). The van der Waals surface area contributed by atoms with Crippen LogP contribution in [-0.4, -0.2) is 18.4 Å². The van der Waals surface area contributed by atoms with Crippen molar-refractivity contribution in [2.24, 2.45) is 0 Å². The van der Waals surface area contributed by atoms with Gasteiger partial charge in [0.05, 0.1) is 13.3 Å². The van der Waals surface area contributed by atoms with Gasteiger partial charge in [0.2, 0.25) is 0 Å². The fourth-order valence-electron chi connectivity index (χ4n) is 0.867. The summed E-state index contributed by atoms with van der Waals surface area (Å²) in [5.74, 6) is 5.72. The van der Waals surface area contributed by atoms with Gasteiger partial charge in [-0.15, -0.1) is 0 Å². The lowest BCUT2D eigenvalue weighted by Crippen LogP contribution is -1.88. The Morgan fingerprint density at radius 2 is 2.46 bits per heavy atom. The highest BCUT2D eigenvalue weighted by Gasteiger charge is 1.93. The first kappa shape index (κ1) is 9.27. The molecule has 1 aromatic rings. The molecule has 0 aliphatic rings. The third kappa shape index (κ3) is 2.96. The summed E-state index contributed by atoms with van der Waals surface area (Å²) >= 11 is 0. The Bertz CT molecular complexity index is 349. The van der Waals surface area contributed by atoms with E-state index in [2.05, 4.69) is 16.8 Å². The molecular formula is C10H9NO2. The molecule has 3 heteroatoms. The van der Waals surface area contributed by atoms with Crippen LogP contribution in [0.5, 0.6) is 5.75 Å². The Kier molecular flexibility index (Phi) is 3.52. The largest absolute Gasteiger partial charge is 0.495 e. The average Bonchev–Trinajstić information content (AvgIpc) is 2.19. The number of carbonyl (C=O) groups excluding carboxylic acids is 1. The maximum absolute atomic E-state index is 9.90. The summed E-state index contributed by atoms with van der Waals surface area (Å²) < 4.78 is 4.98. The summed E-state index contributed by atoms with van der Waals surface area (Å²) in [6.45, 7) is 0. The summed E-state index contributed by atoms with van der Waals surface area (Å²) in [4.78, 5) is 13.9. The molecule has 0 aliphatic carbocycles. The quantitative estimate of drug-likeness (QED) is 0.493. The van der Waals surface area contributed by atoms with Crippen molar-refractivity contribution in [3.8, 4) is 17.6 Å². The molecule has 0 amide bonds. The summed E-state index contributed by atoms with van der Waals surface area (Å²) in [6, 6.07) is 1.84. The van der Waals surface area contributed by atoms with E-state index in [1.807, 2.05) is 6.07 Å². The highest BCUT2D eigenvalue weighted by molar-refractivity contribution is 5.72. The molecule has 0 radical (unpaired) electrons. The molecule has 0 atom stereocenters. The fourth-order valence-corrected chi connectivity index (χ4v) is 0.867. The van der Waals surface area contributed by atoms with Gasteiger partial charge in [0.15, 0.2) is 6.29 Å². The predicted molar refractivity (Wildman–Crippen MR) is 48.3 cm³/mol. The number of aromatic nitrogens is 1. The van der Waals surface area contributed by atoms with Crippen LogP contribution in [-0.2, 0) is 11.2 Å². The minimum Gasteiger partial charge on any atom is -0.495 e. The second-order valence-electron chi connectivity index (χ2n) is 2.35. The Morgan fingerprint density at radius 1 is 1.62 bits per heavy atom. The van der Waals surface area contributed by atoms with Crippen LogP contribution in [0.4, 0.5) is 0 Å². The summed E-state index contributed by atoms with van der Waals surface area (Å²) in [6.07, 6.45) is 4.41. The predicted octanol–water partition coefficient (Wildman–Crippen LogP) is 0.835. The highest BCUT2D eigenvalue weighted by atomic mass is 16.5. The third-order valence-corrected chi connectivity index (χ3v) is 1.46. The molecule has 0 aromatic carbocycles. The normalized spacial score (nSPS) is 8.38. The topological polar surface area (TPSA) is 39.2 Å². The van der Waals surface area contributed by atoms with Gasteiger partial charge in [0.1, 0.15) is 5.75 Å². The Hall–Kier alpha value is -1.82. The number of hydrogen-bond acceptors (Lipinski definition) is 3. The van der Waals surface area contributed by atoms with E-state index >= 15 is 0 Å². The molecule has 0 aliphatic heterocycles. The van der Waals surface area contributed by atoms with Crippen LogP contribution >= 0.6 is 0 Å². The molecule has 0 spiro atoms. The van der Waals surface area contributed by atoms with Gasteiger partial charge in [0.25, 0.3) is 0 Å². The van der Waals surface area contributed by atoms with Crippen molar-refractivity contribution >= 4 is 6.29 Å². The van der Waals surface area contributed by atoms with Crippen LogP contribution in [0.1, 0.15) is 5.56 Å². The zero-order valence-electron chi connectivity index (χ0n) is 7.28. The molecule has 13 heavy (non-hydrogen) atoms. The van der Waals surface area contributed by atoms with Crippen molar-refractivity contribution in [3.63, 3.8) is 0 Å². The molecule has 0 unspecified atom stereocenters. The maximum atomic E-state index is 9.90. The second kappa shape index (κ2) is 4.94. The number of carbonyl (C=O) groups is 1. The first-order valence-electron chi connectivity index (χ1n) is 3.76. The maximum Gasteiger partial charge on any atom is 0.192 e. The van der Waals surface area contributed by atoms with Gasteiger partial charge in [-0.2, -0.15) is 0 Å². The molecule has 1 aromatic heterocycles. The summed E-state index contributed by atoms with van der Waals surface area (Å²) in [7, 11) is 1.58. The van der Waals surface area contributed by atoms with E-state index in [9.17, 15) is 4.79 Å². The number of aldehydes is 1. The lowest BCUT2D eigenvalue weighted by atomic mass is 10.2. The summed E-state index contributed by atoms with van der Waals surface area (Å²) in [5.41, 5.74) is 0.939. The van der Waals surface area contributed by atoms with Crippen LogP contribution in [0.3, 0.4) is 0 Å². The second-order valence-corrected chi connectivity index (χ2v) is 2.35. The fraction of sp³-hybridized carbons (Fsp3) is 0.200. The van der Waals surface area contributed by atoms with E-state index in [0.29, 0.717) is 18.5 Å².